The quantitative estimate of drug-likeness (QED) is 0.0153. The van der Waals surface area contributed by atoms with E-state index in [1.165, 1.54) is 117 Å². The monoisotopic (exact) mass is 1240 g/mol. The summed E-state index contributed by atoms with van der Waals surface area (Å²) in [6.07, 6.45) is 20.4. The molecule has 0 heterocycles. The normalized spacial score (nSPS) is 15.3. The molecule has 0 spiro atoms. The standard InChI is InChI=1S/C59H109N6O19P/c1-7-9-11-13-15-17-19-21-23-25-27-29-31-33-52(71)80-41-47(84-53(72)34-32-30-28-26-24-22-20-18-16-14-12-10-8-2)42-82-85(78,79)81-38-37-65(44(4)56(60)74)51(70)36-35-48(57(61)75)64-58(76)43(3)62-59(77)45(5)83-55(54(73)50(69)40-67)49(39-66)63-46(6)68/h39,43-45,47-50,54-55,67,69,73H,7-38,40-42H2,1-6H3,(H2,60,74)(H2,61,75)(H,62,77)(H,63,68)(H,64,76)(H,78,79). The first-order valence-electron chi connectivity index (χ1n) is 31.2. The lowest BCUT2D eigenvalue weighted by atomic mass is 10.0. The number of esters is 2. The minimum absolute atomic E-state index is 0.0687. The molecule has 0 bridgehead atoms. The van der Waals surface area contributed by atoms with Crippen LogP contribution in [0.5, 0.6) is 0 Å². The van der Waals surface area contributed by atoms with E-state index in [-0.39, 0.29) is 19.1 Å². The highest BCUT2D eigenvalue weighted by Crippen LogP contribution is 2.43. The number of primary amides is 2. The van der Waals surface area contributed by atoms with Crippen molar-refractivity contribution >= 4 is 61.5 Å². The van der Waals surface area contributed by atoms with Gasteiger partial charge in [0.1, 0.15) is 61.5 Å². The van der Waals surface area contributed by atoms with Crippen LogP contribution < -0.4 is 27.4 Å². The van der Waals surface area contributed by atoms with E-state index < -0.39 is 156 Å². The number of carbonyl (C=O) groups is 9. The maximum atomic E-state index is 13.6. The number of amides is 6. The van der Waals surface area contributed by atoms with Crippen molar-refractivity contribution in [3.8, 4) is 0 Å². The number of rotatable bonds is 56. The van der Waals surface area contributed by atoms with Gasteiger partial charge in [0.25, 0.3) is 0 Å². The average Bonchev–Trinajstić information content (AvgIpc) is 3.68. The van der Waals surface area contributed by atoms with E-state index in [9.17, 15) is 67.9 Å². The van der Waals surface area contributed by atoms with Crippen LogP contribution >= 0.6 is 7.82 Å². The van der Waals surface area contributed by atoms with E-state index in [4.69, 9.17) is 34.7 Å². The molecular formula is C59H109N6O19P. The number of phosphoric ester groups is 1. The van der Waals surface area contributed by atoms with Gasteiger partial charge in [-0.1, -0.05) is 168 Å². The number of nitrogens with zero attached hydrogens (tertiary/aromatic N) is 1. The van der Waals surface area contributed by atoms with Crippen LogP contribution in [0.25, 0.3) is 0 Å². The Kier molecular flexibility index (Phi) is 46.7. The van der Waals surface area contributed by atoms with Gasteiger partial charge in [0, 0.05) is 32.7 Å². The maximum absolute atomic E-state index is 13.6. The fourth-order valence-electron chi connectivity index (χ4n) is 9.17. The lowest BCUT2D eigenvalue weighted by Crippen LogP contribution is -2.57. The summed E-state index contributed by atoms with van der Waals surface area (Å²) in [5.74, 6) is -6.74. The van der Waals surface area contributed by atoms with Crippen molar-refractivity contribution in [1.29, 1.82) is 0 Å². The molecule has 10 atom stereocenters. The summed E-state index contributed by atoms with van der Waals surface area (Å²) in [5, 5.41) is 36.6. The van der Waals surface area contributed by atoms with Crippen molar-refractivity contribution in [1.82, 2.24) is 20.9 Å². The first kappa shape index (κ1) is 80.4. The Labute approximate surface area is 505 Å². The van der Waals surface area contributed by atoms with Crippen LogP contribution in [0.2, 0.25) is 0 Å². The molecule has 0 saturated carbocycles. The van der Waals surface area contributed by atoms with Gasteiger partial charge in [-0.2, -0.15) is 0 Å². The smallest absolute Gasteiger partial charge is 0.462 e. The summed E-state index contributed by atoms with van der Waals surface area (Å²) in [5.41, 5.74) is 11.0. The molecule has 6 amide bonds. The van der Waals surface area contributed by atoms with Gasteiger partial charge in [-0.05, 0) is 40.0 Å². The third kappa shape index (κ3) is 40.5. The summed E-state index contributed by atoms with van der Waals surface area (Å²) in [6, 6.07) is -5.84. The third-order valence-electron chi connectivity index (χ3n) is 14.5. The summed E-state index contributed by atoms with van der Waals surface area (Å²) in [7, 11) is -4.98. The van der Waals surface area contributed by atoms with Crippen LogP contribution in [-0.2, 0) is 71.0 Å². The molecule has 0 aliphatic heterocycles. The Bertz CT molecular complexity index is 1960. The number of carbonyl (C=O) groups excluding carboxylic acids is 9. The SMILES string of the molecule is CCCCCCCCCCCCCCCC(=O)OCC(COP(=O)(O)OCCN(C(=O)CCC(NC(=O)C(C)NC(=O)C(C)OC(C(C=O)NC(C)=O)C(O)C(O)CO)C(N)=O)C(C)C(N)=O)OC(=O)CCCCCCCCCCCCCCC. The van der Waals surface area contributed by atoms with E-state index >= 15 is 0 Å². The second-order valence-electron chi connectivity index (χ2n) is 22.1. The number of aliphatic hydroxyl groups is 3. The topological polar surface area (TPSA) is 389 Å². The molecule has 0 aromatic carbocycles. The highest BCUT2D eigenvalue weighted by Gasteiger charge is 2.37. The predicted molar refractivity (Wildman–Crippen MR) is 319 cm³/mol. The van der Waals surface area contributed by atoms with E-state index in [0.717, 1.165) is 70.1 Å². The molecule has 0 radical (unpaired) electrons. The predicted octanol–water partition coefficient (Wildman–Crippen LogP) is 5.69. The Morgan fingerprint density at radius 2 is 1.08 bits per heavy atom. The molecule has 85 heavy (non-hydrogen) atoms. The highest BCUT2D eigenvalue weighted by atomic mass is 31.2. The fraction of sp³-hybridized carbons (Fsp3) is 0.847. The van der Waals surface area contributed by atoms with Gasteiger partial charge < -0.3 is 71.5 Å². The molecule has 10 unspecified atom stereocenters. The second-order valence-corrected chi connectivity index (χ2v) is 23.6. The van der Waals surface area contributed by atoms with Gasteiger partial charge in [-0.25, -0.2) is 4.57 Å². The lowest BCUT2D eigenvalue weighted by molar-refractivity contribution is -0.161. The van der Waals surface area contributed by atoms with Crippen molar-refractivity contribution in [2.45, 2.75) is 289 Å². The molecule has 0 aliphatic carbocycles. The number of hydrogen-bond donors (Lipinski definition) is 9. The van der Waals surface area contributed by atoms with Gasteiger partial charge in [-0.3, -0.25) is 47.4 Å². The van der Waals surface area contributed by atoms with Crippen molar-refractivity contribution in [3.05, 3.63) is 0 Å². The Balaban J connectivity index is 5.58. The number of aldehydes is 1. The van der Waals surface area contributed by atoms with Crippen molar-refractivity contribution in [3.63, 3.8) is 0 Å². The number of ether oxygens (including phenoxy) is 3. The summed E-state index contributed by atoms with van der Waals surface area (Å²) >= 11 is 0. The van der Waals surface area contributed by atoms with Gasteiger partial charge in [0.15, 0.2) is 6.10 Å². The third-order valence-corrected chi connectivity index (χ3v) is 15.5. The van der Waals surface area contributed by atoms with Crippen LogP contribution in [-0.4, -0.2) is 166 Å². The highest BCUT2D eigenvalue weighted by molar-refractivity contribution is 7.47. The second kappa shape index (κ2) is 49.4. The molecule has 25 nitrogen and oxygen atoms in total. The summed E-state index contributed by atoms with van der Waals surface area (Å²) in [4.78, 5) is 125. The number of unbranched alkanes of at least 4 members (excludes halogenated alkanes) is 24. The number of nitrogens with one attached hydrogen (secondary N) is 3. The number of phosphoric acid groups is 1. The number of nitrogens with two attached hydrogens (primary N) is 2. The minimum atomic E-state index is -4.98. The number of hydrogen-bond acceptors (Lipinski definition) is 18. The molecule has 0 aromatic rings. The first-order chi connectivity index (χ1) is 40.4. The minimum Gasteiger partial charge on any atom is -0.462 e. The van der Waals surface area contributed by atoms with E-state index in [1.807, 2.05) is 0 Å². The van der Waals surface area contributed by atoms with Gasteiger partial charge in [0.2, 0.25) is 35.4 Å². The zero-order valence-electron chi connectivity index (χ0n) is 52.0. The maximum Gasteiger partial charge on any atom is 0.472 e. The van der Waals surface area contributed by atoms with Crippen LogP contribution in [0, 0.1) is 0 Å². The van der Waals surface area contributed by atoms with Crippen LogP contribution in [0.4, 0.5) is 0 Å². The zero-order chi connectivity index (χ0) is 64.0. The van der Waals surface area contributed by atoms with Gasteiger partial charge >= 0.3 is 19.8 Å². The Morgan fingerprint density at radius 1 is 0.612 bits per heavy atom. The van der Waals surface area contributed by atoms with Crippen molar-refractivity contribution < 1.29 is 91.2 Å². The van der Waals surface area contributed by atoms with Crippen LogP contribution in [0.1, 0.15) is 234 Å². The zero-order valence-corrected chi connectivity index (χ0v) is 52.9. The van der Waals surface area contributed by atoms with Gasteiger partial charge in [-0.15, -0.1) is 0 Å². The van der Waals surface area contributed by atoms with Crippen molar-refractivity contribution in [2.24, 2.45) is 11.5 Å². The van der Waals surface area contributed by atoms with Gasteiger partial charge in [0.05, 0.1) is 19.8 Å². The summed E-state index contributed by atoms with van der Waals surface area (Å²) < 4.78 is 40.0. The Morgan fingerprint density at radius 3 is 1.52 bits per heavy atom. The van der Waals surface area contributed by atoms with Crippen molar-refractivity contribution in [2.75, 3.05) is 33.0 Å². The van der Waals surface area contributed by atoms with Crippen LogP contribution in [0.3, 0.4) is 0 Å². The van der Waals surface area contributed by atoms with Crippen LogP contribution in [0.15, 0.2) is 0 Å². The summed E-state index contributed by atoms with van der Waals surface area (Å²) in [6.45, 7) is 5.77. The van der Waals surface area contributed by atoms with E-state index in [2.05, 4.69) is 29.8 Å². The molecule has 0 rings (SSSR count). The molecule has 494 valence electrons. The molecule has 0 aliphatic rings. The van der Waals surface area contributed by atoms with E-state index in [1.54, 1.807) is 0 Å². The number of aliphatic hydroxyl groups excluding tert-OH is 3. The average molecular weight is 1240 g/mol. The van der Waals surface area contributed by atoms with E-state index in [0.29, 0.717) is 12.8 Å². The lowest BCUT2D eigenvalue weighted by Gasteiger charge is -2.32. The molecule has 11 N–H and O–H groups in total. The first-order valence-corrected chi connectivity index (χ1v) is 32.7. The molecule has 0 fully saturated rings. The molecule has 0 saturated heterocycles. The molecular weight excluding hydrogens is 1130 g/mol. The molecule has 0 aromatic heterocycles. The fourth-order valence-corrected chi connectivity index (χ4v) is 9.91. The largest absolute Gasteiger partial charge is 0.472 e. The molecule has 26 heteroatoms. The Hall–Kier alpha value is -4.62.